The van der Waals surface area contributed by atoms with Crippen molar-refractivity contribution >= 4 is 10.0 Å². The maximum absolute atomic E-state index is 11.4. The van der Waals surface area contributed by atoms with Gasteiger partial charge in [0, 0.05) is 0 Å². The SMILES string of the molecule is NS(=O)(=O)c1ccc(OC2c3ccccc3CC2N2CCCC2)cc1. The van der Waals surface area contributed by atoms with Gasteiger partial charge in [0.1, 0.15) is 11.9 Å². The zero-order chi connectivity index (χ0) is 17.4. The summed E-state index contributed by atoms with van der Waals surface area (Å²) < 4.78 is 29.1. The van der Waals surface area contributed by atoms with Crippen LogP contribution in [0.15, 0.2) is 53.4 Å². The lowest BCUT2D eigenvalue weighted by Crippen LogP contribution is -2.38. The predicted molar refractivity (Wildman–Crippen MR) is 95.9 cm³/mol. The first kappa shape index (κ1) is 16.6. The molecule has 1 fully saturated rings. The number of primary sulfonamides is 1. The topological polar surface area (TPSA) is 72.6 Å². The Morgan fingerprint density at radius 1 is 1.00 bits per heavy atom. The van der Waals surface area contributed by atoms with Crippen molar-refractivity contribution in [2.45, 2.75) is 36.3 Å². The van der Waals surface area contributed by atoms with Gasteiger partial charge in [-0.25, -0.2) is 13.6 Å². The molecule has 5 nitrogen and oxygen atoms in total. The second-order valence-corrected chi connectivity index (χ2v) is 8.33. The summed E-state index contributed by atoms with van der Waals surface area (Å²) in [6.45, 7) is 2.23. The van der Waals surface area contributed by atoms with Crippen LogP contribution in [0.5, 0.6) is 5.75 Å². The molecular formula is C19H22N2O3S. The lowest BCUT2D eigenvalue weighted by molar-refractivity contribution is 0.0940. The summed E-state index contributed by atoms with van der Waals surface area (Å²) in [5.41, 5.74) is 2.57. The lowest BCUT2D eigenvalue weighted by Gasteiger charge is -2.30. The van der Waals surface area contributed by atoms with Gasteiger partial charge in [-0.05, 0) is 67.7 Å². The van der Waals surface area contributed by atoms with E-state index in [4.69, 9.17) is 9.88 Å². The number of nitrogens with zero attached hydrogens (tertiary/aromatic N) is 1. The molecule has 2 aromatic carbocycles. The fourth-order valence-corrected chi connectivity index (χ4v) is 4.44. The van der Waals surface area contributed by atoms with Crippen LogP contribution in [0, 0.1) is 0 Å². The molecule has 2 aliphatic rings. The number of ether oxygens (including phenoxy) is 1. The van der Waals surface area contributed by atoms with Crippen molar-refractivity contribution in [3.8, 4) is 5.75 Å². The Morgan fingerprint density at radius 3 is 2.36 bits per heavy atom. The first-order valence-corrected chi connectivity index (χ1v) is 10.2. The highest BCUT2D eigenvalue weighted by Gasteiger charge is 2.38. The molecule has 0 aromatic heterocycles. The largest absolute Gasteiger partial charge is 0.484 e. The normalized spacial score (nSPS) is 23.6. The summed E-state index contributed by atoms with van der Waals surface area (Å²) in [6.07, 6.45) is 3.44. The van der Waals surface area contributed by atoms with Gasteiger partial charge >= 0.3 is 0 Å². The zero-order valence-corrected chi connectivity index (χ0v) is 14.8. The molecule has 2 aromatic rings. The van der Waals surface area contributed by atoms with Crippen LogP contribution in [0.2, 0.25) is 0 Å². The van der Waals surface area contributed by atoms with E-state index in [0.29, 0.717) is 11.8 Å². The summed E-state index contributed by atoms with van der Waals surface area (Å²) in [6, 6.07) is 15.1. The highest BCUT2D eigenvalue weighted by atomic mass is 32.2. The molecular weight excluding hydrogens is 336 g/mol. The summed E-state index contributed by atoms with van der Waals surface area (Å²) in [5.74, 6) is 0.665. The maximum atomic E-state index is 11.4. The van der Waals surface area contributed by atoms with Crippen molar-refractivity contribution < 1.29 is 13.2 Å². The summed E-state index contributed by atoms with van der Waals surface area (Å²) in [7, 11) is -3.68. The lowest BCUT2D eigenvalue weighted by atomic mass is 10.1. The van der Waals surface area contributed by atoms with Gasteiger partial charge in [0.05, 0.1) is 10.9 Å². The van der Waals surface area contributed by atoms with E-state index in [1.54, 1.807) is 12.1 Å². The Morgan fingerprint density at radius 2 is 1.68 bits per heavy atom. The average molecular weight is 358 g/mol. The van der Waals surface area contributed by atoms with Crippen LogP contribution >= 0.6 is 0 Å². The molecule has 1 heterocycles. The average Bonchev–Trinajstić information content (AvgIpc) is 3.23. The second-order valence-electron chi connectivity index (χ2n) is 6.77. The highest BCUT2D eigenvalue weighted by Crippen LogP contribution is 2.39. The van der Waals surface area contributed by atoms with Crippen molar-refractivity contribution in [2.75, 3.05) is 13.1 Å². The molecule has 2 unspecified atom stereocenters. The fraction of sp³-hybridized carbons (Fsp3) is 0.368. The Hall–Kier alpha value is -1.89. The molecule has 1 aliphatic carbocycles. The van der Waals surface area contributed by atoms with Crippen LogP contribution in [0.25, 0.3) is 0 Å². The molecule has 0 amide bonds. The van der Waals surface area contributed by atoms with E-state index >= 15 is 0 Å². The van der Waals surface area contributed by atoms with Gasteiger partial charge in [0.15, 0.2) is 0 Å². The summed E-state index contributed by atoms with van der Waals surface area (Å²) in [5, 5.41) is 5.16. The zero-order valence-electron chi connectivity index (χ0n) is 14.0. The maximum Gasteiger partial charge on any atom is 0.238 e. The number of hydrogen-bond acceptors (Lipinski definition) is 4. The molecule has 0 saturated carbocycles. The number of benzene rings is 2. The van der Waals surface area contributed by atoms with E-state index in [9.17, 15) is 8.42 Å². The molecule has 25 heavy (non-hydrogen) atoms. The Bertz CT molecular complexity index is 858. The number of likely N-dealkylation sites (tertiary alicyclic amines) is 1. The minimum Gasteiger partial charge on any atom is -0.484 e. The molecule has 132 valence electrons. The minimum absolute atomic E-state index is 0.0327. The third-order valence-corrected chi connectivity index (χ3v) is 6.09. The summed E-state index contributed by atoms with van der Waals surface area (Å²) >= 11 is 0. The highest BCUT2D eigenvalue weighted by molar-refractivity contribution is 7.89. The van der Waals surface area contributed by atoms with E-state index in [1.165, 1.54) is 36.1 Å². The minimum atomic E-state index is -3.68. The van der Waals surface area contributed by atoms with Gasteiger partial charge in [-0.15, -0.1) is 0 Å². The van der Waals surface area contributed by atoms with Gasteiger partial charge in [-0.2, -0.15) is 0 Å². The van der Waals surface area contributed by atoms with E-state index in [1.807, 2.05) is 6.07 Å². The molecule has 0 spiro atoms. The van der Waals surface area contributed by atoms with Gasteiger partial charge in [0.25, 0.3) is 0 Å². The molecule has 2 N–H and O–H groups in total. The number of sulfonamides is 1. The van der Waals surface area contributed by atoms with E-state index in [2.05, 4.69) is 23.1 Å². The number of rotatable bonds is 4. The third kappa shape index (κ3) is 3.29. The van der Waals surface area contributed by atoms with Crippen LogP contribution in [0.3, 0.4) is 0 Å². The predicted octanol–water partition coefficient (Wildman–Crippen LogP) is 2.47. The van der Waals surface area contributed by atoms with Crippen LogP contribution in [-0.4, -0.2) is 32.4 Å². The van der Waals surface area contributed by atoms with Gasteiger partial charge in [0.2, 0.25) is 10.0 Å². The Labute approximate surface area is 148 Å². The molecule has 0 radical (unpaired) electrons. The Kier molecular flexibility index (Phi) is 4.27. The number of hydrogen-bond donors (Lipinski definition) is 1. The van der Waals surface area contributed by atoms with Gasteiger partial charge < -0.3 is 4.74 Å². The van der Waals surface area contributed by atoms with E-state index < -0.39 is 10.0 Å². The van der Waals surface area contributed by atoms with Crippen molar-refractivity contribution in [2.24, 2.45) is 5.14 Å². The van der Waals surface area contributed by atoms with Gasteiger partial charge in [-0.1, -0.05) is 24.3 Å². The molecule has 1 saturated heterocycles. The fourth-order valence-electron chi connectivity index (χ4n) is 3.93. The molecule has 2 atom stereocenters. The van der Waals surface area contributed by atoms with Crippen molar-refractivity contribution in [3.63, 3.8) is 0 Å². The first-order chi connectivity index (χ1) is 12.0. The molecule has 0 bridgehead atoms. The summed E-state index contributed by atoms with van der Waals surface area (Å²) in [4.78, 5) is 2.62. The van der Waals surface area contributed by atoms with E-state index in [-0.39, 0.29) is 11.0 Å². The molecule has 4 rings (SSSR count). The van der Waals surface area contributed by atoms with Crippen LogP contribution in [-0.2, 0) is 16.4 Å². The van der Waals surface area contributed by atoms with Gasteiger partial charge in [-0.3, -0.25) is 4.90 Å². The monoisotopic (exact) mass is 358 g/mol. The first-order valence-electron chi connectivity index (χ1n) is 8.64. The van der Waals surface area contributed by atoms with Crippen LogP contribution < -0.4 is 9.88 Å². The number of fused-ring (bicyclic) bond motifs is 1. The molecule has 1 aliphatic heterocycles. The third-order valence-electron chi connectivity index (χ3n) is 5.17. The number of nitrogens with two attached hydrogens (primary N) is 1. The van der Waals surface area contributed by atoms with Crippen molar-refractivity contribution in [1.82, 2.24) is 4.90 Å². The van der Waals surface area contributed by atoms with Crippen LogP contribution in [0.4, 0.5) is 0 Å². The second kappa shape index (κ2) is 6.44. The van der Waals surface area contributed by atoms with E-state index in [0.717, 1.165) is 19.5 Å². The standard InChI is InChI=1S/C19H22N2O3S/c20-25(22,23)16-9-7-15(8-10-16)24-19-17-6-2-1-5-14(17)13-18(19)21-11-3-4-12-21/h1-2,5-10,18-19H,3-4,11-13H2,(H2,20,22,23). The van der Waals surface area contributed by atoms with Crippen molar-refractivity contribution in [3.05, 3.63) is 59.7 Å². The molecule has 6 heteroatoms. The quantitative estimate of drug-likeness (QED) is 0.911. The van der Waals surface area contributed by atoms with Crippen molar-refractivity contribution in [1.29, 1.82) is 0 Å². The van der Waals surface area contributed by atoms with Crippen LogP contribution in [0.1, 0.15) is 30.1 Å². The Balaban J connectivity index is 1.61. The smallest absolute Gasteiger partial charge is 0.238 e.